The van der Waals surface area contributed by atoms with Gasteiger partial charge in [-0.25, -0.2) is 0 Å². The average Bonchev–Trinajstić information content (AvgIpc) is 2.62. The third-order valence-corrected chi connectivity index (χ3v) is 3.11. The lowest BCUT2D eigenvalue weighted by Gasteiger charge is -2.41. The first-order chi connectivity index (χ1) is 8.48. The minimum atomic E-state index is -0.0714. The monoisotopic (exact) mass is 252 g/mol. The molecule has 1 aromatic heterocycles. The zero-order valence-corrected chi connectivity index (χ0v) is 11.8. The number of furan rings is 1. The van der Waals surface area contributed by atoms with Crippen LogP contribution in [0.3, 0.4) is 0 Å². The SMILES string of the molecule is CNCc1coc(CN2CC(C)OC(C)(C)C2)c1. The standard InChI is InChI=1S/C14H24N2O2/c1-11-7-16(10-14(2,3)18-11)8-13-5-12(6-15-4)9-17-13/h5,9,11,15H,6-8,10H2,1-4H3. The molecule has 2 heterocycles. The molecule has 0 aromatic carbocycles. The molecule has 4 heteroatoms. The second-order valence-corrected chi connectivity index (χ2v) is 5.81. The number of nitrogens with zero attached hydrogens (tertiary/aromatic N) is 1. The fourth-order valence-electron chi connectivity index (χ4n) is 2.73. The number of hydrogen-bond acceptors (Lipinski definition) is 4. The molecule has 0 amide bonds. The summed E-state index contributed by atoms with van der Waals surface area (Å²) in [5.74, 6) is 1.03. The third kappa shape index (κ3) is 3.57. The molecule has 1 aromatic rings. The van der Waals surface area contributed by atoms with E-state index >= 15 is 0 Å². The Labute approximate surface area is 109 Å². The topological polar surface area (TPSA) is 37.6 Å². The van der Waals surface area contributed by atoms with Crippen LogP contribution in [-0.2, 0) is 17.8 Å². The lowest BCUT2D eigenvalue weighted by atomic mass is 10.1. The molecule has 2 rings (SSSR count). The fraction of sp³-hybridized carbons (Fsp3) is 0.714. The van der Waals surface area contributed by atoms with Crippen molar-refractivity contribution >= 4 is 0 Å². The summed E-state index contributed by atoms with van der Waals surface area (Å²) < 4.78 is 11.5. The van der Waals surface area contributed by atoms with E-state index in [1.807, 2.05) is 13.3 Å². The molecule has 0 bridgehead atoms. The van der Waals surface area contributed by atoms with Gasteiger partial charge in [-0.1, -0.05) is 0 Å². The molecule has 1 aliphatic rings. The maximum Gasteiger partial charge on any atom is 0.118 e. The van der Waals surface area contributed by atoms with Crippen molar-refractivity contribution in [1.82, 2.24) is 10.2 Å². The Balaban J connectivity index is 1.95. The van der Waals surface area contributed by atoms with Crippen LogP contribution < -0.4 is 5.32 Å². The van der Waals surface area contributed by atoms with Crippen LogP contribution in [0.1, 0.15) is 32.1 Å². The normalized spacial score (nSPS) is 24.3. The van der Waals surface area contributed by atoms with Crippen molar-refractivity contribution in [3.8, 4) is 0 Å². The molecule has 1 atom stereocenters. The molecule has 0 aliphatic carbocycles. The van der Waals surface area contributed by atoms with Crippen LogP contribution in [0.25, 0.3) is 0 Å². The molecule has 1 aliphatic heterocycles. The Morgan fingerprint density at radius 1 is 1.50 bits per heavy atom. The molecule has 1 fully saturated rings. The molecule has 18 heavy (non-hydrogen) atoms. The molecule has 4 nitrogen and oxygen atoms in total. The molecular formula is C14H24N2O2. The lowest BCUT2D eigenvalue weighted by Crippen LogP contribution is -2.51. The van der Waals surface area contributed by atoms with Crippen molar-refractivity contribution in [2.24, 2.45) is 0 Å². The average molecular weight is 252 g/mol. The number of morpholine rings is 1. The van der Waals surface area contributed by atoms with E-state index in [1.165, 1.54) is 5.56 Å². The van der Waals surface area contributed by atoms with Crippen LogP contribution in [0.15, 0.2) is 16.7 Å². The zero-order chi connectivity index (χ0) is 13.2. The van der Waals surface area contributed by atoms with Crippen LogP contribution in [0.4, 0.5) is 0 Å². The van der Waals surface area contributed by atoms with Crippen molar-refractivity contribution in [2.45, 2.75) is 45.6 Å². The number of hydrogen-bond donors (Lipinski definition) is 1. The smallest absolute Gasteiger partial charge is 0.118 e. The maximum absolute atomic E-state index is 5.90. The van der Waals surface area contributed by atoms with E-state index < -0.39 is 0 Å². The van der Waals surface area contributed by atoms with Crippen LogP contribution in [0.2, 0.25) is 0 Å². The summed E-state index contributed by atoms with van der Waals surface area (Å²) in [5.41, 5.74) is 1.13. The fourth-order valence-corrected chi connectivity index (χ4v) is 2.73. The Morgan fingerprint density at radius 3 is 2.94 bits per heavy atom. The summed E-state index contributed by atoms with van der Waals surface area (Å²) in [6.07, 6.45) is 2.11. The molecule has 1 N–H and O–H groups in total. The summed E-state index contributed by atoms with van der Waals surface area (Å²) in [4.78, 5) is 2.40. The van der Waals surface area contributed by atoms with Crippen molar-refractivity contribution in [3.63, 3.8) is 0 Å². The van der Waals surface area contributed by atoms with Gasteiger partial charge in [0.25, 0.3) is 0 Å². The summed E-state index contributed by atoms with van der Waals surface area (Å²) >= 11 is 0. The lowest BCUT2D eigenvalue weighted by molar-refractivity contribution is -0.131. The molecule has 1 saturated heterocycles. The predicted molar refractivity (Wildman–Crippen MR) is 71.4 cm³/mol. The highest BCUT2D eigenvalue weighted by molar-refractivity contribution is 5.12. The summed E-state index contributed by atoms with van der Waals surface area (Å²) in [6, 6.07) is 2.13. The van der Waals surface area contributed by atoms with Gasteiger partial charge in [0.2, 0.25) is 0 Å². The van der Waals surface area contributed by atoms with E-state index in [1.54, 1.807) is 0 Å². The van der Waals surface area contributed by atoms with E-state index in [0.717, 1.165) is 31.9 Å². The maximum atomic E-state index is 5.90. The minimum Gasteiger partial charge on any atom is -0.468 e. The summed E-state index contributed by atoms with van der Waals surface area (Å²) in [7, 11) is 1.94. The van der Waals surface area contributed by atoms with Gasteiger partial charge in [0.15, 0.2) is 0 Å². The van der Waals surface area contributed by atoms with Crippen molar-refractivity contribution in [1.29, 1.82) is 0 Å². The van der Waals surface area contributed by atoms with Gasteiger partial charge in [-0.05, 0) is 33.9 Å². The van der Waals surface area contributed by atoms with E-state index in [4.69, 9.17) is 9.15 Å². The van der Waals surface area contributed by atoms with Crippen LogP contribution in [0, 0.1) is 0 Å². The van der Waals surface area contributed by atoms with E-state index in [-0.39, 0.29) is 11.7 Å². The first-order valence-corrected chi connectivity index (χ1v) is 6.59. The van der Waals surface area contributed by atoms with Crippen molar-refractivity contribution < 1.29 is 9.15 Å². The number of ether oxygens (including phenoxy) is 1. The first kappa shape index (κ1) is 13.6. The Kier molecular flexibility index (Phi) is 4.10. The third-order valence-electron chi connectivity index (χ3n) is 3.11. The second kappa shape index (κ2) is 5.43. The largest absolute Gasteiger partial charge is 0.468 e. The second-order valence-electron chi connectivity index (χ2n) is 5.81. The summed E-state index contributed by atoms with van der Waals surface area (Å²) in [6.45, 7) is 10.0. The van der Waals surface area contributed by atoms with Crippen molar-refractivity contribution in [3.05, 3.63) is 23.7 Å². The van der Waals surface area contributed by atoms with Gasteiger partial charge in [0.05, 0.1) is 24.5 Å². The highest BCUT2D eigenvalue weighted by Crippen LogP contribution is 2.22. The Morgan fingerprint density at radius 2 is 2.28 bits per heavy atom. The van der Waals surface area contributed by atoms with Gasteiger partial charge < -0.3 is 14.5 Å². The first-order valence-electron chi connectivity index (χ1n) is 6.59. The van der Waals surface area contributed by atoms with Gasteiger partial charge >= 0.3 is 0 Å². The molecule has 0 saturated carbocycles. The van der Waals surface area contributed by atoms with Crippen molar-refractivity contribution in [2.75, 3.05) is 20.1 Å². The van der Waals surface area contributed by atoms with Gasteiger partial charge in [0.1, 0.15) is 5.76 Å². The summed E-state index contributed by atoms with van der Waals surface area (Å²) in [5, 5.41) is 3.13. The minimum absolute atomic E-state index is 0.0714. The molecule has 1 unspecified atom stereocenters. The zero-order valence-electron chi connectivity index (χ0n) is 11.8. The highest BCUT2D eigenvalue weighted by atomic mass is 16.5. The predicted octanol–water partition coefficient (Wildman–Crippen LogP) is 2.00. The van der Waals surface area contributed by atoms with E-state index in [2.05, 4.69) is 37.1 Å². The number of rotatable bonds is 4. The highest BCUT2D eigenvalue weighted by Gasteiger charge is 2.31. The molecule has 102 valence electrons. The number of nitrogens with one attached hydrogen (secondary N) is 1. The molecule has 0 radical (unpaired) electrons. The van der Waals surface area contributed by atoms with Gasteiger partial charge in [0, 0.05) is 25.2 Å². The quantitative estimate of drug-likeness (QED) is 0.889. The van der Waals surface area contributed by atoms with E-state index in [0.29, 0.717) is 0 Å². The Bertz CT molecular complexity index is 387. The van der Waals surface area contributed by atoms with Gasteiger partial charge in [-0.3, -0.25) is 4.90 Å². The van der Waals surface area contributed by atoms with Gasteiger partial charge in [-0.15, -0.1) is 0 Å². The molecular weight excluding hydrogens is 228 g/mol. The van der Waals surface area contributed by atoms with Crippen LogP contribution >= 0.6 is 0 Å². The molecule has 0 spiro atoms. The van der Waals surface area contributed by atoms with Crippen LogP contribution in [-0.4, -0.2) is 36.7 Å². The van der Waals surface area contributed by atoms with Crippen LogP contribution in [0.5, 0.6) is 0 Å². The van der Waals surface area contributed by atoms with Gasteiger partial charge in [-0.2, -0.15) is 0 Å². The Hall–Kier alpha value is -0.840. The van der Waals surface area contributed by atoms with E-state index in [9.17, 15) is 0 Å².